The quantitative estimate of drug-likeness (QED) is 0.750. The molecule has 1 aliphatic heterocycles. The SMILES string of the molecule is CCCCOC(=O)N1CC=C(c2cnc(NC3Cc4ccccc4C3)nc2)CC1. The van der Waals surface area contributed by atoms with Crippen molar-refractivity contribution in [3.05, 3.63) is 59.4 Å². The number of ether oxygens (including phenoxy) is 1. The smallest absolute Gasteiger partial charge is 0.410 e. The van der Waals surface area contributed by atoms with Crippen LogP contribution < -0.4 is 5.32 Å². The van der Waals surface area contributed by atoms with Crippen molar-refractivity contribution in [1.82, 2.24) is 14.9 Å². The molecule has 0 saturated heterocycles. The van der Waals surface area contributed by atoms with Crippen molar-refractivity contribution in [1.29, 1.82) is 0 Å². The second-order valence-corrected chi connectivity index (χ2v) is 7.71. The maximum absolute atomic E-state index is 12.0. The van der Waals surface area contributed by atoms with Gasteiger partial charge in [-0.1, -0.05) is 43.7 Å². The van der Waals surface area contributed by atoms with E-state index >= 15 is 0 Å². The molecule has 2 heterocycles. The van der Waals surface area contributed by atoms with Gasteiger partial charge in [0.15, 0.2) is 0 Å². The number of fused-ring (bicyclic) bond motifs is 1. The second kappa shape index (κ2) is 9.07. The molecule has 6 heteroatoms. The molecule has 1 N–H and O–H groups in total. The molecule has 0 unspecified atom stereocenters. The molecule has 0 radical (unpaired) electrons. The lowest BCUT2D eigenvalue weighted by Crippen LogP contribution is -2.35. The number of hydrogen-bond donors (Lipinski definition) is 1. The number of aromatic nitrogens is 2. The van der Waals surface area contributed by atoms with Gasteiger partial charge in [0.2, 0.25) is 5.95 Å². The first-order valence-electron chi connectivity index (χ1n) is 10.5. The van der Waals surface area contributed by atoms with Gasteiger partial charge in [0.1, 0.15) is 0 Å². The van der Waals surface area contributed by atoms with Gasteiger partial charge in [0.05, 0.1) is 6.61 Å². The first-order chi connectivity index (χ1) is 14.2. The van der Waals surface area contributed by atoms with Crippen LogP contribution in [0.3, 0.4) is 0 Å². The summed E-state index contributed by atoms with van der Waals surface area (Å²) in [5.41, 5.74) is 5.02. The molecule has 6 nitrogen and oxygen atoms in total. The van der Waals surface area contributed by atoms with Gasteiger partial charge in [-0.2, -0.15) is 0 Å². The van der Waals surface area contributed by atoms with Gasteiger partial charge < -0.3 is 15.0 Å². The second-order valence-electron chi connectivity index (χ2n) is 7.71. The van der Waals surface area contributed by atoms with Gasteiger partial charge >= 0.3 is 6.09 Å². The highest BCUT2D eigenvalue weighted by atomic mass is 16.6. The Morgan fingerprint density at radius 1 is 1.21 bits per heavy atom. The minimum Gasteiger partial charge on any atom is -0.449 e. The Morgan fingerprint density at radius 2 is 1.93 bits per heavy atom. The van der Waals surface area contributed by atoms with Crippen molar-refractivity contribution < 1.29 is 9.53 Å². The minimum atomic E-state index is -0.220. The number of unbranched alkanes of at least 4 members (excludes halogenated alkanes) is 1. The fourth-order valence-electron chi connectivity index (χ4n) is 3.90. The fraction of sp³-hybridized carbons (Fsp3) is 0.435. The summed E-state index contributed by atoms with van der Waals surface area (Å²) in [5, 5.41) is 3.45. The maximum atomic E-state index is 12.0. The van der Waals surface area contributed by atoms with Gasteiger partial charge in [-0.3, -0.25) is 0 Å². The average molecular weight is 393 g/mol. The first-order valence-corrected chi connectivity index (χ1v) is 10.5. The van der Waals surface area contributed by atoms with E-state index in [1.54, 1.807) is 4.90 Å². The Labute approximate surface area is 172 Å². The van der Waals surface area contributed by atoms with Gasteiger partial charge in [-0.05, 0) is 42.4 Å². The van der Waals surface area contributed by atoms with Crippen LogP contribution >= 0.6 is 0 Å². The molecule has 0 spiro atoms. The summed E-state index contributed by atoms with van der Waals surface area (Å²) in [5.74, 6) is 0.670. The van der Waals surface area contributed by atoms with Gasteiger partial charge in [0.25, 0.3) is 0 Å². The molecule has 29 heavy (non-hydrogen) atoms. The third-order valence-corrected chi connectivity index (χ3v) is 5.60. The number of amides is 1. The maximum Gasteiger partial charge on any atom is 0.410 e. The van der Waals surface area contributed by atoms with Crippen LogP contribution in [0.5, 0.6) is 0 Å². The Bertz CT molecular complexity index is 854. The number of benzene rings is 1. The Kier molecular flexibility index (Phi) is 6.08. The molecule has 0 atom stereocenters. The normalized spacial score (nSPS) is 16.3. The monoisotopic (exact) mass is 392 g/mol. The Hall–Kier alpha value is -2.89. The standard InChI is InChI=1S/C23H28N4O2/c1-2-3-12-29-23(28)27-10-8-17(9-11-27)20-15-24-22(25-16-20)26-21-13-18-6-4-5-7-19(18)14-21/h4-8,15-16,21H,2-3,9-14H2,1H3,(H,24,25,26). The number of hydrogen-bond acceptors (Lipinski definition) is 5. The lowest BCUT2D eigenvalue weighted by molar-refractivity contribution is 0.105. The van der Waals surface area contributed by atoms with Gasteiger partial charge in [0, 0.05) is 37.1 Å². The number of carbonyl (C=O) groups is 1. The lowest BCUT2D eigenvalue weighted by Gasteiger charge is -2.25. The van der Waals surface area contributed by atoms with Gasteiger partial charge in [-0.15, -0.1) is 0 Å². The van der Waals surface area contributed by atoms with E-state index < -0.39 is 0 Å². The Morgan fingerprint density at radius 3 is 2.55 bits per heavy atom. The van der Waals surface area contributed by atoms with Crippen LogP contribution in [0.2, 0.25) is 0 Å². The molecule has 0 saturated carbocycles. The van der Waals surface area contributed by atoms with E-state index in [-0.39, 0.29) is 6.09 Å². The summed E-state index contributed by atoms with van der Waals surface area (Å²) in [4.78, 5) is 22.8. The van der Waals surface area contributed by atoms with Crippen molar-refractivity contribution in [3.63, 3.8) is 0 Å². The molecule has 1 aromatic heterocycles. The van der Waals surface area contributed by atoms with Crippen LogP contribution in [-0.2, 0) is 17.6 Å². The van der Waals surface area contributed by atoms with Crippen molar-refractivity contribution in [2.75, 3.05) is 25.0 Å². The third-order valence-electron chi connectivity index (χ3n) is 5.60. The molecular weight excluding hydrogens is 364 g/mol. The number of rotatable bonds is 6. The molecule has 0 fully saturated rings. The predicted octanol–water partition coefficient (Wildman–Crippen LogP) is 4.08. The third kappa shape index (κ3) is 4.75. The summed E-state index contributed by atoms with van der Waals surface area (Å²) >= 11 is 0. The van der Waals surface area contributed by atoms with Gasteiger partial charge in [-0.25, -0.2) is 14.8 Å². The van der Waals surface area contributed by atoms with Crippen LogP contribution in [0.15, 0.2) is 42.7 Å². The molecule has 1 amide bonds. The number of anilines is 1. The number of nitrogens with zero attached hydrogens (tertiary/aromatic N) is 3. The average Bonchev–Trinajstić information content (AvgIpc) is 3.17. The lowest BCUT2D eigenvalue weighted by atomic mass is 10.0. The summed E-state index contributed by atoms with van der Waals surface area (Å²) in [6, 6.07) is 8.92. The zero-order valence-corrected chi connectivity index (χ0v) is 16.9. The highest BCUT2D eigenvalue weighted by Gasteiger charge is 2.22. The summed E-state index contributed by atoms with van der Waals surface area (Å²) in [7, 11) is 0. The molecule has 152 valence electrons. The zero-order chi connectivity index (χ0) is 20.1. The molecule has 0 bridgehead atoms. The zero-order valence-electron chi connectivity index (χ0n) is 16.9. The van der Waals surface area contributed by atoms with Crippen LogP contribution in [0.4, 0.5) is 10.7 Å². The molecule has 1 aliphatic carbocycles. The van der Waals surface area contributed by atoms with E-state index in [9.17, 15) is 4.79 Å². The van der Waals surface area contributed by atoms with E-state index in [2.05, 4.69) is 52.5 Å². The largest absolute Gasteiger partial charge is 0.449 e. The topological polar surface area (TPSA) is 67.3 Å². The molecule has 4 rings (SSSR count). The minimum absolute atomic E-state index is 0.220. The highest BCUT2D eigenvalue weighted by Crippen LogP contribution is 2.25. The van der Waals surface area contributed by atoms with E-state index in [0.29, 0.717) is 31.7 Å². The van der Waals surface area contributed by atoms with E-state index in [1.807, 2.05) is 12.4 Å². The number of nitrogens with one attached hydrogen (secondary N) is 1. The Balaban J connectivity index is 1.30. The van der Waals surface area contributed by atoms with Crippen LogP contribution in [0.25, 0.3) is 5.57 Å². The van der Waals surface area contributed by atoms with E-state index in [1.165, 1.54) is 16.7 Å². The summed E-state index contributed by atoms with van der Waals surface area (Å²) in [6.45, 7) is 3.81. The summed E-state index contributed by atoms with van der Waals surface area (Å²) in [6.07, 6.45) is 10.3. The van der Waals surface area contributed by atoms with E-state index in [0.717, 1.165) is 37.7 Å². The van der Waals surface area contributed by atoms with Crippen molar-refractivity contribution in [2.45, 2.75) is 45.1 Å². The molecular formula is C23H28N4O2. The van der Waals surface area contributed by atoms with Crippen LogP contribution in [-0.4, -0.2) is 46.7 Å². The molecule has 1 aromatic carbocycles. The highest BCUT2D eigenvalue weighted by molar-refractivity contribution is 5.72. The van der Waals surface area contributed by atoms with E-state index in [4.69, 9.17) is 4.74 Å². The predicted molar refractivity (Wildman–Crippen MR) is 114 cm³/mol. The van der Waals surface area contributed by atoms with Crippen LogP contribution in [0, 0.1) is 0 Å². The number of carbonyl (C=O) groups excluding carboxylic acids is 1. The van der Waals surface area contributed by atoms with Crippen molar-refractivity contribution >= 4 is 17.6 Å². The summed E-state index contributed by atoms with van der Waals surface area (Å²) < 4.78 is 5.29. The van der Waals surface area contributed by atoms with Crippen molar-refractivity contribution in [2.24, 2.45) is 0 Å². The molecule has 2 aliphatic rings. The first kappa shape index (κ1) is 19.4. The van der Waals surface area contributed by atoms with Crippen LogP contribution in [0.1, 0.15) is 42.9 Å². The molecule has 2 aromatic rings. The fourth-order valence-corrected chi connectivity index (χ4v) is 3.90. The van der Waals surface area contributed by atoms with Crippen molar-refractivity contribution in [3.8, 4) is 0 Å².